The van der Waals surface area contributed by atoms with Crippen molar-refractivity contribution >= 4 is 11.9 Å². The molecule has 0 saturated heterocycles. The number of methoxy groups -OCH3 is 2. The first-order chi connectivity index (χ1) is 12.6. The minimum Gasteiger partial charge on any atom is -0.500 e. The maximum Gasteiger partial charge on any atom is 0.377 e. The van der Waals surface area contributed by atoms with Gasteiger partial charge in [0.25, 0.3) is 0 Å². The van der Waals surface area contributed by atoms with E-state index in [1.54, 1.807) is 24.3 Å². The molecule has 0 bridgehead atoms. The smallest absolute Gasteiger partial charge is 0.377 e. The maximum atomic E-state index is 11.7. The molecule has 7 nitrogen and oxygen atoms in total. The monoisotopic (exact) mass is 358 g/mol. The van der Waals surface area contributed by atoms with E-state index in [4.69, 9.17) is 14.2 Å². The largest absolute Gasteiger partial charge is 0.500 e. The molecule has 0 aromatic heterocycles. The topological polar surface area (TPSA) is 91.3 Å². The zero-order valence-electron chi connectivity index (χ0n) is 14.3. The summed E-state index contributed by atoms with van der Waals surface area (Å²) < 4.78 is 20.4. The van der Waals surface area contributed by atoms with E-state index in [2.05, 4.69) is 4.74 Å². The van der Waals surface area contributed by atoms with Gasteiger partial charge in [0, 0.05) is 5.56 Å². The van der Waals surface area contributed by atoms with Crippen molar-refractivity contribution in [2.24, 2.45) is 0 Å². The third-order valence-electron chi connectivity index (χ3n) is 3.30. The van der Waals surface area contributed by atoms with Crippen molar-refractivity contribution in [1.82, 2.24) is 0 Å². The van der Waals surface area contributed by atoms with Gasteiger partial charge < -0.3 is 24.1 Å². The Labute approximate surface area is 150 Å². The maximum absolute atomic E-state index is 11.7. The molecule has 0 spiro atoms. The van der Waals surface area contributed by atoms with Crippen molar-refractivity contribution in [2.45, 2.75) is 6.61 Å². The van der Waals surface area contributed by atoms with E-state index in [0.29, 0.717) is 11.3 Å². The second kappa shape index (κ2) is 9.12. The predicted octanol–water partition coefficient (Wildman–Crippen LogP) is 3.00. The number of rotatable bonds is 8. The summed E-state index contributed by atoms with van der Waals surface area (Å²) >= 11 is 0. The molecule has 0 heterocycles. The summed E-state index contributed by atoms with van der Waals surface area (Å²) in [6, 6.07) is 13.6. The van der Waals surface area contributed by atoms with E-state index in [0.717, 1.165) is 6.26 Å². The number of hydrogen-bond donors (Lipinski definition) is 1. The molecule has 2 aromatic rings. The Hall–Kier alpha value is -3.48. The summed E-state index contributed by atoms with van der Waals surface area (Å²) in [5, 5.41) is 9.58. The highest BCUT2D eigenvalue weighted by Crippen LogP contribution is 2.26. The van der Waals surface area contributed by atoms with Crippen LogP contribution in [-0.4, -0.2) is 31.3 Å². The average Bonchev–Trinajstić information content (AvgIpc) is 2.66. The molecule has 0 unspecified atom stereocenters. The van der Waals surface area contributed by atoms with Crippen LogP contribution in [0.5, 0.6) is 11.5 Å². The Morgan fingerprint density at radius 1 is 1.04 bits per heavy atom. The van der Waals surface area contributed by atoms with Crippen LogP contribution < -0.4 is 9.47 Å². The first kappa shape index (κ1) is 18.9. The SMILES string of the molecule is CO/C=C(/Oc1cccc(COc2ccccc2)c1C(=O)O)C(=O)OC. The van der Waals surface area contributed by atoms with Crippen LogP contribution in [0, 0.1) is 0 Å². The molecule has 0 fully saturated rings. The lowest BCUT2D eigenvalue weighted by Crippen LogP contribution is -2.14. The summed E-state index contributed by atoms with van der Waals surface area (Å²) in [7, 11) is 2.51. The number of esters is 1. The molecule has 0 radical (unpaired) electrons. The molecule has 26 heavy (non-hydrogen) atoms. The Bertz CT molecular complexity index is 797. The fourth-order valence-electron chi connectivity index (χ4n) is 2.14. The van der Waals surface area contributed by atoms with Gasteiger partial charge in [0.2, 0.25) is 5.76 Å². The van der Waals surface area contributed by atoms with E-state index in [1.807, 2.05) is 18.2 Å². The van der Waals surface area contributed by atoms with Crippen molar-refractivity contribution in [3.8, 4) is 11.5 Å². The van der Waals surface area contributed by atoms with Gasteiger partial charge in [0.15, 0.2) is 0 Å². The van der Waals surface area contributed by atoms with Crippen molar-refractivity contribution < 1.29 is 33.6 Å². The van der Waals surface area contributed by atoms with Crippen LogP contribution in [0.2, 0.25) is 0 Å². The number of carboxylic acid groups (broad SMARTS) is 1. The number of carbonyl (C=O) groups is 2. The Morgan fingerprint density at radius 3 is 2.38 bits per heavy atom. The van der Waals surface area contributed by atoms with Crippen LogP contribution in [0.15, 0.2) is 60.6 Å². The van der Waals surface area contributed by atoms with Crippen molar-refractivity contribution in [2.75, 3.05) is 14.2 Å². The minimum absolute atomic E-state index is 0.0183. The normalized spacial score (nSPS) is 10.8. The van der Waals surface area contributed by atoms with Gasteiger partial charge in [0.1, 0.15) is 29.9 Å². The molecule has 0 aliphatic rings. The van der Waals surface area contributed by atoms with E-state index in [1.165, 1.54) is 20.3 Å². The van der Waals surface area contributed by atoms with E-state index in [9.17, 15) is 14.7 Å². The molecule has 2 aromatic carbocycles. The van der Waals surface area contributed by atoms with Crippen LogP contribution in [0.4, 0.5) is 0 Å². The van der Waals surface area contributed by atoms with Crippen molar-refractivity contribution in [3.05, 3.63) is 71.7 Å². The molecule has 1 N–H and O–H groups in total. The van der Waals surface area contributed by atoms with Gasteiger partial charge in [-0.1, -0.05) is 30.3 Å². The fourth-order valence-corrected chi connectivity index (χ4v) is 2.14. The Balaban J connectivity index is 2.31. The third kappa shape index (κ3) is 4.76. The number of para-hydroxylation sites is 1. The molecular weight excluding hydrogens is 340 g/mol. The lowest BCUT2D eigenvalue weighted by atomic mass is 10.1. The number of carboxylic acids is 1. The summed E-state index contributed by atoms with van der Waals surface area (Å²) in [4.78, 5) is 23.4. The quantitative estimate of drug-likeness (QED) is 0.440. The first-order valence-electron chi connectivity index (χ1n) is 7.59. The van der Waals surface area contributed by atoms with Crippen LogP contribution in [-0.2, 0) is 20.9 Å². The van der Waals surface area contributed by atoms with Gasteiger partial charge in [-0.2, -0.15) is 0 Å². The van der Waals surface area contributed by atoms with Gasteiger partial charge in [-0.15, -0.1) is 0 Å². The highest BCUT2D eigenvalue weighted by atomic mass is 16.6. The Morgan fingerprint density at radius 2 is 1.77 bits per heavy atom. The third-order valence-corrected chi connectivity index (χ3v) is 3.30. The van der Waals surface area contributed by atoms with Crippen molar-refractivity contribution in [1.29, 1.82) is 0 Å². The van der Waals surface area contributed by atoms with E-state index in [-0.39, 0.29) is 23.7 Å². The highest BCUT2D eigenvalue weighted by Gasteiger charge is 2.21. The number of carbonyl (C=O) groups excluding carboxylic acids is 1. The lowest BCUT2D eigenvalue weighted by Gasteiger charge is -2.14. The van der Waals surface area contributed by atoms with Crippen molar-refractivity contribution in [3.63, 3.8) is 0 Å². The Kier molecular flexibility index (Phi) is 6.61. The highest BCUT2D eigenvalue weighted by molar-refractivity contribution is 5.93. The van der Waals surface area contributed by atoms with Crippen LogP contribution in [0.3, 0.4) is 0 Å². The molecule has 0 amide bonds. The van der Waals surface area contributed by atoms with Gasteiger partial charge in [0.05, 0.1) is 14.2 Å². The summed E-state index contributed by atoms with van der Waals surface area (Å²) in [5.41, 5.74) is 0.273. The van der Waals surface area contributed by atoms with Gasteiger partial charge in [-0.05, 0) is 18.2 Å². The fraction of sp³-hybridized carbons (Fsp3) is 0.158. The summed E-state index contributed by atoms with van der Waals surface area (Å²) in [6.07, 6.45) is 1.03. The summed E-state index contributed by atoms with van der Waals surface area (Å²) in [5.74, 6) is -1.72. The number of benzene rings is 2. The van der Waals surface area contributed by atoms with Crippen LogP contribution in [0.25, 0.3) is 0 Å². The zero-order valence-corrected chi connectivity index (χ0v) is 14.3. The van der Waals surface area contributed by atoms with Crippen LogP contribution >= 0.6 is 0 Å². The molecule has 136 valence electrons. The van der Waals surface area contributed by atoms with Gasteiger partial charge in [-0.3, -0.25) is 0 Å². The standard InChI is InChI=1S/C19H18O7/c1-23-12-16(19(22)24-2)26-15-10-6-7-13(17(15)18(20)21)11-25-14-8-4-3-5-9-14/h3-10,12H,11H2,1-2H3,(H,20,21)/b16-12+. The molecule has 2 rings (SSSR count). The molecule has 0 aliphatic heterocycles. The number of aromatic carboxylic acids is 1. The summed E-state index contributed by atoms with van der Waals surface area (Å²) in [6.45, 7) is 0.0183. The molecule has 7 heteroatoms. The number of hydrogen-bond acceptors (Lipinski definition) is 6. The lowest BCUT2D eigenvalue weighted by molar-refractivity contribution is -0.138. The van der Waals surface area contributed by atoms with Crippen LogP contribution in [0.1, 0.15) is 15.9 Å². The minimum atomic E-state index is -1.21. The molecule has 0 atom stereocenters. The molecule has 0 aliphatic carbocycles. The zero-order chi connectivity index (χ0) is 18.9. The van der Waals surface area contributed by atoms with Gasteiger partial charge >= 0.3 is 11.9 Å². The first-order valence-corrected chi connectivity index (χ1v) is 7.59. The van der Waals surface area contributed by atoms with E-state index >= 15 is 0 Å². The van der Waals surface area contributed by atoms with E-state index < -0.39 is 11.9 Å². The average molecular weight is 358 g/mol. The molecule has 0 saturated carbocycles. The predicted molar refractivity (Wildman–Crippen MR) is 91.9 cm³/mol. The number of ether oxygens (including phenoxy) is 4. The van der Waals surface area contributed by atoms with Gasteiger partial charge in [-0.25, -0.2) is 9.59 Å². The second-order valence-electron chi connectivity index (χ2n) is 5.01. The molecular formula is C19H18O7. The second-order valence-corrected chi connectivity index (χ2v) is 5.01.